The largest absolute Gasteiger partial charge is 0.477 e. The molecule has 8 heteroatoms. The number of rotatable bonds is 11. The molecule has 5 nitrogen and oxygen atoms in total. The van der Waals surface area contributed by atoms with Crippen LogP contribution in [0.1, 0.15) is 13.3 Å². The summed E-state index contributed by atoms with van der Waals surface area (Å²) in [5, 5.41) is 2.19. The molecule has 0 unspecified atom stereocenters. The molecule has 1 N–H and O–H groups in total. The molecular formula is C23H34O5Si3. The van der Waals surface area contributed by atoms with E-state index < -0.39 is 31.4 Å². The van der Waals surface area contributed by atoms with E-state index in [1.807, 2.05) is 60.7 Å². The summed E-state index contributed by atoms with van der Waals surface area (Å²) in [6.07, 6.45) is 0.459. The van der Waals surface area contributed by atoms with Gasteiger partial charge in [-0.15, -0.1) is 0 Å². The first-order valence-corrected chi connectivity index (χ1v) is 18.3. The molecule has 0 saturated heterocycles. The Bertz CT molecular complexity index is 816. The van der Waals surface area contributed by atoms with E-state index in [9.17, 15) is 9.59 Å². The van der Waals surface area contributed by atoms with Gasteiger partial charge in [-0.25, -0.2) is 4.79 Å². The van der Waals surface area contributed by atoms with Crippen LogP contribution in [0.15, 0.2) is 72.8 Å². The second kappa shape index (κ2) is 10.7. The van der Waals surface area contributed by atoms with E-state index in [0.29, 0.717) is 18.0 Å². The van der Waals surface area contributed by atoms with Gasteiger partial charge in [0.25, 0.3) is 0 Å². The van der Waals surface area contributed by atoms with Gasteiger partial charge in [0.2, 0.25) is 16.6 Å². The van der Waals surface area contributed by atoms with Crippen molar-refractivity contribution in [2.45, 2.75) is 45.6 Å². The lowest BCUT2D eigenvalue weighted by molar-refractivity contribution is -0.139. The molecule has 0 radical (unpaired) electrons. The second-order valence-corrected chi connectivity index (χ2v) is 19.4. The number of hydrogen-bond acceptors (Lipinski definition) is 5. The molecule has 0 atom stereocenters. The van der Waals surface area contributed by atoms with Gasteiger partial charge in [0.1, 0.15) is 0 Å². The quantitative estimate of drug-likeness (QED) is 0.233. The molecule has 0 amide bonds. The highest BCUT2D eigenvalue weighted by molar-refractivity contribution is 6.94. The molecule has 0 aliphatic rings. The van der Waals surface area contributed by atoms with Gasteiger partial charge in [0.05, 0.1) is 6.61 Å². The number of carbonyl (C=O) groups excluding carboxylic acids is 1. The minimum absolute atomic E-state index is 0.189. The molecule has 2 aromatic carbocycles. The first-order valence-electron chi connectivity index (χ1n) is 10.5. The number of hydrogen-bond donors (Lipinski definition) is 1. The Hall–Kier alpha value is -1.82. The highest BCUT2D eigenvalue weighted by Crippen LogP contribution is 2.24. The Balaban J connectivity index is 2.21. The molecule has 0 heterocycles. The van der Waals surface area contributed by atoms with E-state index in [4.69, 9.17) is 13.0 Å². The van der Waals surface area contributed by atoms with E-state index in [2.05, 4.69) is 32.8 Å². The zero-order valence-corrected chi connectivity index (χ0v) is 22.2. The molecule has 0 bridgehead atoms. The molecule has 0 aliphatic carbocycles. The summed E-state index contributed by atoms with van der Waals surface area (Å²) in [6, 6.07) is 20.3. The maximum Gasteiger partial charge on any atom is 0.477 e. The molecule has 0 saturated carbocycles. The van der Waals surface area contributed by atoms with E-state index >= 15 is 0 Å². The summed E-state index contributed by atoms with van der Waals surface area (Å²) >= 11 is 0. The first kappa shape index (κ1) is 25.4. The Morgan fingerprint density at radius 3 is 1.68 bits per heavy atom. The lowest BCUT2D eigenvalue weighted by Gasteiger charge is -2.38. The second-order valence-electron chi connectivity index (χ2n) is 8.69. The molecule has 31 heavy (non-hydrogen) atoms. The van der Waals surface area contributed by atoms with E-state index in [1.54, 1.807) is 6.92 Å². The van der Waals surface area contributed by atoms with Crippen LogP contribution in [0.5, 0.6) is 0 Å². The lowest BCUT2D eigenvalue weighted by atomic mass is 10.4. The van der Waals surface area contributed by atoms with Crippen LogP contribution in [0.25, 0.3) is 0 Å². The van der Waals surface area contributed by atoms with Crippen molar-refractivity contribution in [3.8, 4) is 0 Å². The topological polar surface area (TPSA) is 65.0 Å². The van der Waals surface area contributed by atoms with Crippen molar-refractivity contribution < 1.29 is 22.6 Å². The summed E-state index contributed by atoms with van der Waals surface area (Å²) in [4.78, 5) is 23.4. The van der Waals surface area contributed by atoms with Crippen LogP contribution >= 0.6 is 0 Å². The standard InChI is InChI=1S/C23H34O5Si3/c1-20(2)23(24)26-18-13-19-31(25,27-29(3,4)21-14-9-7-10-15-21)28-30(5,6)22-16-11-8-12-17-22/h7-12,14-17,25H,1,13,18-19H2,2-6H3. The first-order chi connectivity index (χ1) is 14.5. The van der Waals surface area contributed by atoms with Crippen LogP contribution in [0.3, 0.4) is 0 Å². The fraction of sp³-hybridized carbons (Fsp3) is 0.348. The average Bonchev–Trinajstić information content (AvgIpc) is 2.71. The van der Waals surface area contributed by atoms with Crippen LogP contribution < -0.4 is 10.4 Å². The zero-order valence-electron chi connectivity index (χ0n) is 19.2. The summed E-state index contributed by atoms with van der Waals surface area (Å²) in [5.74, 6) is -0.426. The maximum atomic E-state index is 11.7. The van der Waals surface area contributed by atoms with Gasteiger partial charge in [-0.2, -0.15) is 0 Å². The van der Waals surface area contributed by atoms with E-state index in [-0.39, 0.29) is 6.61 Å². The van der Waals surface area contributed by atoms with Crippen molar-refractivity contribution in [1.82, 2.24) is 0 Å². The highest BCUT2D eigenvalue weighted by Gasteiger charge is 2.47. The van der Waals surface area contributed by atoms with Crippen molar-refractivity contribution in [2.24, 2.45) is 0 Å². The van der Waals surface area contributed by atoms with Crippen molar-refractivity contribution in [3.63, 3.8) is 0 Å². The van der Waals surface area contributed by atoms with E-state index in [0.717, 1.165) is 10.4 Å². The van der Waals surface area contributed by atoms with Crippen molar-refractivity contribution in [3.05, 3.63) is 72.8 Å². The number of esters is 1. The molecule has 0 aliphatic heterocycles. The number of carbonyl (C=O) groups is 1. The SMILES string of the molecule is C=C(C)C(=O)OCCC[Si](O)(O[Si](C)(C)c1ccccc1)O[Si](C)(C)c1ccccc1. The van der Waals surface area contributed by atoms with Gasteiger partial charge in [-0.1, -0.05) is 67.2 Å². The average molecular weight is 475 g/mol. The molecule has 0 spiro atoms. The van der Waals surface area contributed by atoms with Gasteiger partial charge in [-0.3, -0.25) is 0 Å². The molecule has 2 rings (SSSR count). The maximum absolute atomic E-state index is 11.7. The lowest BCUT2D eigenvalue weighted by Crippen LogP contribution is -2.62. The predicted octanol–water partition coefficient (Wildman–Crippen LogP) is 3.68. The van der Waals surface area contributed by atoms with Crippen LogP contribution in [0.2, 0.25) is 32.2 Å². The highest BCUT2D eigenvalue weighted by atomic mass is 28.5. The van der Waals surface area contributed by atoms with Gasteiger partial charge in [0, 0.05) is 11.6 Å². The fourth-order valence-corrected chi connectivity index (χ4v) is 14.6. The van der Waals surface area contributed by atoms with Gasteiger partial charge < -0.3 is 17.8 Å². The number of benzene rings is 2. The fourth-order valence-electron chi connectivity index (χ4n) is 3.30. The van der Waals surface area contributed by atoms with Crippen LogP contribution in [-0.4, -0.2) is 42.8 Å². The third-order valence-electron chi connectivity index (χ3n) is 4.99. The summed E-state index contributed by atoms with van der Waals surface area (Å²) in [7, 11) is -8.43. The third-order valence-corrected chi connectivity index (χ3v) is 16.1. The van der Waals surface area contributed by atoms with Crippen molar-refractivity contribution >= 4 is 41.8 Å². The third kappa shape index (κ3) is 7.67. The monoisotopic (exact) mass is 474 g/mol. The van der Waals surface area contributed by atoms with Gasteiger partial charge in [-0.05, 0) is 49.9 Å². The zero-order chi connectivity index (χ0) is 23.1. The van der Waals surface area contributed by atoms with Crippen molar-refractivity contribution in [1.29, 1.82) is 0 Å². The minimum Gasteiger partial charge on any atom is -0.462 e. The van der Waals surface area contributed by atoms with E-state index in [1.165, 1.54) is 0 Å². The van der Waals surface area contributed by atoms with Crippen LogP contribution in [-0.2, 0) is 17.8 Å². The molecule has 0 fully saturated rings. The van der Waals surface area contributed by atoms with Crippen LogP contribution in [0, 0.1) is 0 Å². The van der Waals surface area contributed by atoms with Crippen LogP contribution in [0.4, 0.5) is 0 Å². The summed E-state index contributed by atoms with van der Waals surface area (Å²) in [5.41, 5.74) is 0.357. The summed E-state index contributed by atoms with van der Waals surface area (Å²) in [6.45, 7) is 13.7. The molecule has 2 aromatic rings. The normalized spacial score (nSPS) is 12.5. The predicted molar refractivity (Wildman–Crippen MR) is 132 cm³/mol. The smallest absolute Gasteiger partial charge is 0.462 e. The minimum atomic E-state index is -3.58. The Kier molecular flexibility index (Phi) is 8.75. The number of ether oxygens (including phenoxy) is 1. The Morgan fingerprint density at radius 2 is 1.29 bits per heavy atom. The van der Waals surface area contributed by atoms with Crippen molar-refractivity contribution in [2.75, 3.05) is 6.61 Å². The van der Waals surface area contributed by atoms with Gasteiger partial charge >= 0.3 is 14.8 Å². The Morgan fingerprint density at radius 1 is 0.871 bits per heavy atom. The Labute approximate surface area is 189 Å². The summed E-state index contributed by atoms with van der Waals surface area (Å²) < 4.78 is 18.2. The molecule has 168 valence electrons. The molecule has 0 aromatic heterocycles. The molecular weight excluding hydrogens is 441 g/mol. The van der Waals surface area contributed by atoms with Gasteiger partial charge in [0.15, 0.2) is 0 Å².